The molecule has 1 fully saturated rings. The molecule has 0 N–H and O–H groups in total. The molecular weight excluding hydrogens is 280 g/mol. The van der Waals surface area contributed by atoms with Crippen molar-refractivity contribution < 1.29 is 14.3 Å². The average Bonchev–Trinajstić information content (AvgIpc) is 2.58. The maximum Gasteiger partial charge on any atom is 0.310 e. The highest BCUT2D eigenvalue weighted by Crippen LogP contribution is 2.19. The zero-order valence-corrected chi connectivity index (χ0v) is 12.3. The Morgan fingerprint density at radius 2 is 1.95 bits per heavy atom. The van der Waals surface area contributed by atoms with Crippen LogP contribution in [0.3, 0.4) is 0 Å². The topological polar surface area (TPSA) is 70.4 Å². The highest BCUT2D eigenvalue weighted by Gasteiger charge is 2.27. The summed E-state index contributed by atoms with van der Waals surface area (Å²) in [5.41, 5.74) is 0.978. The van der Waals surface area contributed by atoms with E-state index in [9.17, 15) is 9.59 Å². The van der Waals surface area contributed by atoms with Crippen molar-refractivity contribution in [3.05, 3.63) is 42.0 Å². The molecule has 114 valence electrons. The number of nitrogens with zero attached hydrogens (tertiary/aromatic N) is 2. The molecule has 1 aliphatic rings. The van der Waals surface area contributed by atoms with Crippen LogP contribution in [0.2, 0.25) is 0 Å². The van der Waals surface area contributed by atoms with E-state index in [1.807, 2.05) is 30.3 Å². The van der Waals surface area contributed by atoms with E-state index in [4.69, 9.17) is 10.00 Å². The summed E-state index contributed by atoms with van der Waals surface area (Å²) in [6.07, 6.45) is 4.50. The second kappa shape index (κ2) is 7.99. The Morgan fingerprint density at radius 1 is 1.27 bits per heavy atom. The number of amides is 1. The monoisotopic (exact) mass is 298 g/mol. The van der Waals surface area contributed by atoms with Crippen molar-refractivity contribution in [3.8, 4) is 6.07 Å². The number of nitriles is 1. The van der Waals surface area contributed by atoms with Gasteiger partial charge in [-0.1, -0.05) is 30.3 Å². The fraction of sp³-hybridized carbons (Fsp3) is 0.353. The second-order valence-corrected chi connectivity index (χ2v) is 5.11. The molecule has 22 heavy (non-hydrogen) atoms. The smallest absolute Gasteiger partial charge is 0.310 e. The van der Waals surface area contributed by atoms with Crippen LogP contribution in [0.5, 0.6) is 0 Å². The number of likely N-dealkylation sites (tertiary alicyclic amines) is 1. The number of carbonyl (C=O) groups is 2. The predicted octanol–water partition coefficient (Wildman–Crippen LogP) is 2.01. The first-order valence-corrected chi connectivity index (χ1v) is 7.26. The number of hydrogen-bond acceptors (Lipinski definition) is 4. The van der Waals surface area contributed by atoms with Crippen LogP contribution >= 0.6 is 0 Å². The van der Waals surface area contributed by atoms with Crippen molar-refractivity contribution in [3.63, 3.8) is 0 Å². The van der Waals surface area contributed by atoms with E-state index in [2.05, 4.69) is 0 Å². The van der Waals surface area contributed by atoms with Gasteiger partial charge in [-0.15, -0.1) is 0 Å². The number of carbonyl (C=O) groups excluding carboxylic acids is 2. The SMILES string of the molecule is N#CCOC(=O)C1CCN(C(=O)/C=C/c2ccccc2)CC1. The largest absolute Gasteiger partial charge is 0.450 e. The van der Waals surface area contributed by atoms with Crippen LogP contribution in [0.4, 0.5) is 0 Å². The van der Waals surface area contributed by atoms with E-state index in [0.717, 1.165) is 5.56 Å². The fourth-order valence-corrected chi connectivity index (χ4v) is 2.39. The van der Waals surface area contributed by atoms with Crippen molar-refractivity contribution in [1.29, 1.82) is 5.26 Å². The van der Waals surface area contributed by atoms with E-state index in [0.29, 0.717) is 25.9 Å². The molecule has 5 nitrogen and oxygen atoms in total. The number of benzene rings is 1. The van der Waals surface area contributed by atoms with Gasteiger partial charge < -0.3 is 9.64 Å². The summed E-state index contributed by atoms with van der Waals surface area (Å²) in [6, 6.07) is 11.4. The van der Waals surface area contributed by atoms with Crippen molar-refractivity contribution in [2.45, 2.75) is 12.8 Å². The van der Waals surface area contributed by atoms with Crippen LogP contribution in [0.1, 0.15) is 18.4 Å². The molecule has 0 saturated carbocycles. The Balaban J connectivity index is 1.81. The lowest BCUT2D eigenvalue weighted by Crippen LogP contribution is -2.39. The third kappa shape index (κ3) is 4.45. The predicted molar refractivity (Wildman–Crippen MR) is 81.4 cm³/mol. The van der Waals surface area contributed by atoms with Gasteiger partial charge in [0.15, 0.2) is 6.61 Å². The molecule has 0 unspecified atom stereocenters. The molecule has 0 bridgehead atoms. The van der Waals surface area contributed by atoms with E-state index in [-0.39, 0.29) is 24.4 Å². The van der Waals surface area contributed by atoms with Crippen LogP contribution < -0.4 is 0 Å². The van der Waals surface area contributed by atoms with E-state index >= 15 is 0 Å². The lowest BCUT2D eigenvalue weighted by Gasteiger charge is -2.30. The normalized spacial score (nSPS) is 15.5. The Kier molecular flexibility index (Phi) is 5.73. The van der Waals surface area contributed by atoms with Crippen molar-refractivity contribution in [1.82, 2.24) is 4.90 Å². The molecule has 1 saturated heterocycles. The molecule has 0 atom stereocenters. The highest BCUT2D eigenvalue weighted by molar-refractivity contribution is 5.92. The fourth-order valence-electron chi connectivity index (χ4n) is 2.39. The minimum Gasteiger partial charge on any atom is -0.450 e. The summed E-state index contributed by atoms with van der Waals surface area (Å²) in [6.45, 7) is 0.854. The second-order valence-electron chi connectivity index (χ2n) is 5.11. The lowest BCUT2D eigenvalue weighted by molar-refractivity contribution is -0.149. The molecule has 0 spiro atoms. The van der Waals surface area contributed by atoms with Gasteiger partial charge in [0.05, 0.1) is 5.92 Å². The number of hydrogen-bond donors (Lipinski definition) is 0. The van der Waals surface area contributed by atoms with Gasteiger partial charge in [0.25, 0.3) is 0 Å². The van der Waals surface area contributed by atoms with Crippen LogP contribution in [0, 0.1) is 17.2 Å². The standard InChI is InChI=1S/C17H18N2O3/c18-10-13-22-17(21)15-8-11-19(12-9-15)16(20)7-6-14-4-2-1-3-5-14/h1-7,15H,8-9,11-13H2/b7-6+. The first-order valence-electron chi connectivity index (χ1n) is 7.26. The van der Waals surface area contributed by atoms with Crippen LogP contribution in [-0.4, -0.2) is 36.5 Å². The molecule has 0 aromatic heterocycles. The van der Waals surface area contributed by atoms with Crippen molar-refractivity contribution >= 4 is 18.0 Å². The Morgan fingerprint density at radius 3 is 2.59 bits per heavy atom. The first kappa shape index (κ1) is 15.8. The van der Waals surface area contributed by atoms with Gasteiger partial charge in [-0.3, -0.25) is 9.59 Å². The summed E-state index contributed by atoms with van der Waals surface area (Å²) >= 11 is 0. The van der Waals surface area contributed by atoms with Crippen molar-refractivity contribution in [2.75, 3.05) is 19.7 Å². The molecular formula is C17H18N2O3. The van der Waals surface area contributed by atoms with Gasteiger partial charge in [-0.2, -0.15) is 5.26 Å². The molecule has 2 rings (SSSR count). The molecule has 1 aromatic carbocycles. The van der Waals surface area contributed by atoms with Crippen LogP contribution in [0.15, 0.2) is 36.4 Å². The van der Waals surface area contributed by atoms with Gasteiger partial charge in [0.1, 0.15) is 6.07 Å². The zero-order valence-electron chi connectivity index (χ0n) is 12.3. The quantitative estimate of drug-likeness (QED) is 0.629. The third-order valence-corrected chi connectivity index (χ3v) is 3.64. The third-order valence-electron chi connectivity index (χ3n) is 3.64. The van der Waals surface area contributed by atoms with Crippen LogP contribution in [0.25, 0.3) is 6.08 Å². The Hall–Kier alpha value is -2.61. The van der Waals surface area contributed by atoms with E-state index in [1.54, 1.807) is 23.1 Å². The Labute approximate surface area is 129 Å². The summed E-state index contributed by atoms with van der Waals surface area (Å²) in [5, 5.41) is 8.39. The minimum atomic E-state index is -0.339. The molecule has 1 aliphatic heterocycles. The van der Waals surface area contributed by atoms with Gasteiger partial charge in [-0.25, -0.2) is 0 Å². The van der Waals surface area contributed by atoms with Gasteiger partial charge in [0, 0.05) is 19.2 Å². The number of piperidine rings is 1. The van der Waals surface area contributed by atoms with Gasteiger partial charge in [-0.05, 0) is 24.5 Å². The summed E-state index contributed by atoms with van der Waals surface area (Å²) < 4.78 is 4.81. The van der Waals surface area contributed by atoms with Gasteiger partial charge >= 0.3 is 5.97 Å². The highest BCUT2D eigenvalue weighted by atomic mass is 16.5. The minimum absolute atomic E-state index is 0.0484. The molecule has 1 heterocycles. The maximum absolute atomic E-state index is 12.1. The van der Waals surface area contributed by atoms with Gasteiger partial charge in [0.2, 0.25) is 5.91 Å². The molecule has 1 aromatic rings. The lowest BCUT2D eigenvalue weighted by atomic mass is 9.97. The molecule has 0 aliphatic carbocycles. The average molecular weight is 298 g/mol. The zero-order chi connectivity index (χ0) is 15.8. The summed E-state index contributed by atoms with van der Waals surface area (Å²) in [5.74, 6) is -0.600. The molecule has 1 amide bonds. The van der Waals surface area contributed by atoms with E-state index < -0.39 is 0 Å². The van der Waals surface area contributed by atoms with E-state index in [1.165, 1.54) is 0 Å². The number of rotatable bonds is 4. The maximum atomic E-state index is 12.1. The summed E-state index contributed by atoms with van der Waals surface area (Å²) in [7, 11) is 0. The first-order chi connectivity index (χ1) is 10.7. The Bertz CT molecular complexity index is 582. The molecule has 0 radical (unpaired) electrons. The number of ether oxygens (including phenoxy) is 1. The van der Waals surface area contributed by atoms with Crippen molar-refractivity contribution in [2.24, 2.45) is 5.92 Å². The summed E-state index contributed by atoms with van der Waals surface area (Å²) in [4.78, 5) is 25.5. The van der Waals surface area contributed by atoms with Crippen LogP contribution in [-0.2, 0) is 14.3 Å². The number of esters is 1. The molecule has 5 heteroatoms.